The van der Waals surface area contributed by atoms with Gasteiger partial charge in [0.1, 0.15) is 42.7 Å². The third-order valence-corrected chi connectivity index (χ3v) is 2.85. The van der Waals surface area contributed by atoms with Crippen LogP contribution < -0.4 is 0 Å². The molecule has 1 aliphatic heterocycles. The number of aliphatic hydroxyl groups excluding tert-OH is 7. The van der Waals surface area contributed by atoms with Crippen molar-refractivity contribution in [2.45, 2.75) is 42.7 Å². The number of hydrogen-bond donors (Lipinski definition) is 7. The minimum absolute atomic E-state index is 0.622. The van der Waals surface area contributed by atoms with Crippen molar-refractivity contribution in [3.63, 3.8) is 0 Å². The van der Waals surface area contributed by atoms with Crippen LogP contribution in [0.3, 0.4) is 0 Å². The van der Waals surface area contributed by atoms with Gasteiger partial charge in [0.2, 0.25) is 0 Å². The normalized spacial score (nSPS) is 42.2. The predicted octanol–water partition coefficient (Wildman–Crippen LogP) is -4.46. The van der Waals surface area contributed by atoms with E-state index in [9.17, 15) is 25.5 Å². The van der Waals surface area contributed by atoms with Gasteiger partial charge < -0.3 is 40.5 Å². The largest absolute Gasteiger partial charge is 0.394 e. The molecular weight excluding hydrogens is 236 g/mol. The molecule has 1 fully saturated rings. The summed E-state index contributed by atoms with van der Waals surface area (Å²) >= 11 is 0. The summed E-state index contributed by atoms with van der Waals surface area (Å²) in [4.78, 5) is 0. The maximum atomic E-state index is 9.57. The van der Waals surface area contributed by atoms with Crippen LogP contribution in [0.5, 0.6) is 0 Å². The lowest BCUT2D eigenvalue weighted by Crippen LogP contribution is -2.63. The first-order valence-electron chi connectivity index (χ1n) is 5.21. The van der Waals surface area contributed by atoms with Crippen molar-refractivity contribution >= 4 is 0 Å². The Balaban J connectivity index is 2.78. The van der Waals surface area contributed by atoms with Crippen LogP contribution >= 0.6 is 0 Å². The Hall–Kier alpha value is -0.320. The number of hydrogen-bond acceptors (Lipinski definition) is 8. The Labute approximate surface area is 97.3 Å². The molecule has 1 rings (SSSR count). The zero-order chi connectivity index (χ0) is 13.2. The third kappa shape index (κ3) is 2.92. The van der Waals surface area contributed by atoms with Crippen LogP contribution in [-0.4, -0.2) is 91.7 Å². The first kappa shape index (κ1) is 14.7. The minimum Gasteiger partial charge on any atom is -0.394 e. The fourth-order valence-corrected chi connectivity index (χ4v) is 1.74. The number of aliphatic hydroxyl groups is 7. The molecule has 0 spiro atoms. The lowest BCUT2D eigenvalue weighted by Gasteiger charge is -2.42. The molecule has 0 aliphatic carbocycles. The summed E-state index contributed by atoms with van der Waals surface area (Å²) in [5.74, 6) is 0. The Morgan fingerprint density at radius 2 is 1.53 bits per heavy atom. The van der Waals surface area contributed by atoms with Gasteiger partial charge in [-0.2, -0.15) is 0 Å². The zero-order valence-corrected chi connectivity index (χ0v) is 8.99. The fraction of sp³-hybridized carbons (Fsp3) is 1.00. The Morgan fingerprint density at radius 1 is 0.941 bits per heavy atom. The summed E-state index contributed by atoms with van der Waals surface area (Å²) in [7, 11) is 0. The van der Waals surface area contributed by atoms with E-state index in [4.69, 9.17) is 14.9 Å². The van der Waals surface area contributed by atoms with Gasteiger partial charge in [-0.3, -0.25) is 0 Å². The quantitative estimate of drug-likeness (QED) is 0.265. The smallest absolute Gasteiger partial charge is 0.115 e. The van der Waals surface area contributed by atoms with Crippen LogP contribution in [0.4, 0.5) is 0 Å². The van der Waals surface area contributed by atoms with Gasteiger partial charge in [0, 0.05) is 0 Å². The van der Waals surface area contributed by atoms with E-state index < -0.39 is 55.9 Å². The second-order valence-electron chi connectivity index (χ2n) is 4.03. The molecule has 0 aromatic heterocycles. The van der Waals surface area contributed by atoms with E-state index in [1.165, 1.54) is 0 Å². The van der Waals surface area contributed by atoms with Crippen LogP contribution in [0.2, 0.25) is 0 Å². The highest BCUT2D eigenvalue weighted by molar-refractivity contribution is 4.96. The van der Waals surface area contributed by atoms with E-state index in [2.05, 4.69) is 0 Å². The predicted molar refractivity (Wildman–Crippen MR) is 52.9 cm³/mol. The molecule has 8 nitrogen and oxygen atoms in total. The van der Waals surface area contributed by atoms with Crippen LogP contribution in [0.1, 0.15) is 0 Å². The molecule has 102 valence electrons. The van der Waals surface area contributed by atoms with E-state index in [1.54, 1.807) is 0 Å². The molecule has 0 aromatic rings. The van der Waals surface area contributed by atoms with E-state index in [0.717, 1.165) is 0 Å². The second-order valence-corrected chi connectivity index (χ2v) is 4.03. The van der Waals surface area contributed by atoms with Crippen LogP contribution in [0.25, 0.3) is 0 Å². The molecule has 0 amide bonds. The topological polar surface area (TPSA) is 151 Å². The first-order valence-corrected chi connectivity index (χ1v) is 5.21. The minimum atomic E-state index is -1.65. The maximum absolute atomic E-state index is 9.57. The molecule has 3 unspecified atom stereocenters. The summed E-state index contributed by atoms with van der Waals surface area (Å²) < 4.78 is 4.98. The monoisotopic (exact) mass is 254 g/mol. The highest BCUT2D eigenvalue weighted by atomic mass is 16.6. The summed E-state index contributed by atoms with van der Waals surface area (Å²) in [6, 6.07) is 0. The van der Waals surface area contributed by atoms with Crippen LogP contribution in [-0.2, 0) is 4.74 Å². The van der Waals surface area contributed by atoms with Gasteiger partial charge in [-0.1, -0.05) is 0 Å². The van der Waals surface area contributed by atoms with Crippen LogP contribution in [0.15, 0.2) is 0 Å². The van der Waals surface area contributed by atoms with Crippen molar-refractivity contribution in [1.82, 2.24) is 0 Å². The maximum Gasteiger partial charge on any atom is 0.115 e. The molecule has 1 heterocycles. The van der Waals surface area contributed by atoms with E-state index in [0.29, 0.717) is 0 Å². The van der Waals surface area contributed by atoms with Crippen molar-refractivity contribution in [2.24, 2.45) is 0 Å². The van der Waals surface area contributed by atoms with Crippen molar-refractivity contribution in [2.75, 3.05) is 13.2 Å². The zero-order valence-electron chi connectivity index (χ0n) is 8.99. The van der Waals surface area contributed by atoms with Crippen molar-refractivity contribution < 1.29 is 40.5 Å². The van der Waals surface area contributed by atoms with Gasteiger partial charge in [-0.25, -0.2) is 0 Å². The lowest BCUT2D eigenvalue weighted by molar-refractivity contribution is -0.258. The Kier molecular flexibility index (Phi) is 5.22. The van der Waals surface area contributed by atoms with Crippen LogP contribution in [0, 0.1) is 0 Å². The molecule has 0 radical (unpaired) electrons. The van der Waals surface area contributed by atoms with E-state index >= 15 is 0 Å². The van der Waals surface area contributed by atoms with E-state index in [1.807, 2.05) is 0 Å². The van der Waals surface area contributed by atoms with Gasteiger partial charge in [-0.05, 0) is 0 Å². The third-order valence-electron chi connectivity index (χ3n) is 2.85. The average Bonchev–Trinajstić information content (AvgIpc) is 2.34. The van der Waals surface area contributed by atoms with Gasteiger partial charge >= 0.3 is 0 Å². The molecular formula is C9H18O8. The van der Waals surface area contributed by atoms with Gasteiger partial charge in [-0.15, -0.1) is 0 Å². The highest BCUT2D eigenvalue weighted by Gasteiger charge is 2.47. The Morgan fingerprint density at radius 3 is 2.00 bits per heavy atom. The summed E-state index contributed by atoms with van der Waals surface area (Å²) in [6.45, 7) is -1.38. The molecule has 7 atom stereocenters. The lowest BCUT2D eigenvalue weighted by atomic mass is 9.91. The molecule has 7 N–H and O–H groups in total. The Bertz CT molecular complexity index is 231. The average molecular weight is 254 g/mol. The second kappa shape index (κ2) is 6.03. The van der Waals surface area contributed by atoms with Crippen molar-refractivity contribution in [3.05, 3.63) is 0 Å². The molecule has 1 aliphatic rings. The standard InChI is InChI=1S/C9H18O8/c10-1-3(12)5(13)9-8(16)7(15)6(14)4(2-11)17-9/h3-16H,1-2H2/t3?,4-,5?,6-,7+,8-,9?/m1/s1. The molecule has 0 saturated carbocycles. The van der Waals surface area contributed by atoms with Gasteiger partial charge in [0.15, 0.2) is 0 Å². The summed E-state index contributed by atoms with van der Waals surface area (Å²) in [5.41, 5.74) is 0. The van der Waals surface area contributed by atoms with Crippen molar-refractivity contribution in [1.29, 1.82) is 0 Å². The molecule has 0 aromatic carbocycles. The van der Waals surface area contributed by atoms with Gasteiger partial charge in [0.25, 0.3) is 0 Å². The van der Waals surface area contributed by atoms with E-state index in [-0.39, 0.29) is 0 Å². The summed E-state index contributed by atoms with van der Waals surface area (Å²) in [5, 5.41) is 64.8. The number of ether oxygens (including phenoxy) is 1. The molecule has 0 bridgehead atoms. The molecule has 1 saturated heterocycles. The molecule has 8 heteroatoms. The SMILES string of the molecule is OCC(O)C(O)C1O[C@H](CO)[C@@H](O)[C@H](O)[C@H]1O. The first-order chi connectivity index (χ1) is 7.93. The fourth-order valence-electron chi connectivity index (χ4n) is 1.74. The molecule has 17 heavy (non-hydrogen) atoms. The highest BCUT2D eigenvalue weighted by Crippen LogP contribution is 2.24. The van der Waals surface area contributed by atoms with Gasteiger partial charge in [0.05, 0.1) is 13.2 Å². The summed E-state index contributed by atoms with van der Waals surface area (Å²) in [6.07, 6.45) is -10.5. The number of rotatable bonds is 4. The van der Waals surface area contributed by atoms with Crippen molar-refractivity contribution in [3.8, 4) is 0 Å².